The molecule has 1 rings (SSSR count). The summed E-state index contributed by atoms with van der Waals surface area (Å²) in [5.74, 6) is -0.337. The van der Waals surface area contributed by atoms with Crippen molar-refractivity contribution in [3.05, 3.63) is 22.3 Å². The van der Waals surface area contributed by atoms with E-state index in [1.54, 1.807) is 19.9 Å². The van der Waals surface area contributed by atoms with Gasteiger partial charge in [-0.25, -0.2) is 0 Å². The van der Waals surface area contributed by atoms with Crippen LogP contribution in [0.15, 0.2) is 22.3 Å². The first-order valence-electron chi connectivity index (χ1n) is 3.35. The van der Waals surface area contributed by atoms with Gasteiger partial charge in [0.2, 0.25) is 4.33 Å². The minimum Gasteiger partial charge on any atom is -0.291 e. The van der Waals surface area contributed by atoms with Gasteiger partial charge in [-0.2, -0.15) is 0 Å². The highest BCUT2D eigenvalue weighted by Gasteiger charge is 2.40. The highest BCUT2D eigenvalue weighted by molar-refractivity contribution is 6.66. The van der Waals surface area contributed by atoms with Crippen molar-refractivity contribution in [3.8, 4) is 0 Å². The minimum atomic E-state index is -1.58. The number of hydrogen-bond acceptors (Lipinski definition) is 1. The summed E-state index contributed by atoms with van der Waals surface area (Å²) in [7, 11) is 0. The Labute approximate surface area is 86.0 Å². The Kier molecular flexibility index (Phi) is 2.57. The van der Waals surface area contributed by atoms with Crippen LogP contribution in [0, 0.1) is 0 Å². The van der Waals surface area contributed by atoms with Crippen LogP contribution < -0.4 is 0 Å². The average Bonchev–Trinajstić information content (AvgIpc) is 1.99. The number of carbonyl (C=O) groups is 1. The first-order chi connectivity index (χ1) is 5.37. The van der Waals surface area contributed by atoms with Crippen molar-refractivity contribution in [1.82, 2.24) is 0 Å². The molecule has 66 valence electrons. The lowest BCUT2D eigenvalue weighted by Gasteiger charge is -2.22. The summed E-state index contributed by atoms with van der Waals surface area (Å²) in [4.78, 5) is 11.4. The highest BCUT2D eigenvalue weighted by Crippen LogP contribution is 2.40. The number of rotatable bonds is 0. The zero-order valence-electron chi connectivity index (χ0n) is 6.62. The zero-order valence-corrected chi connectivity index (χ0v) is 8.89. The van der Waals surface area contributed by atoms with Crippen LogP contribution in [0.4, 0.5) is 0 Å². The summed E-state index contributed by atoms with van der Waals surface area (Å²) in [6, 6.07) is 0. The lowest BCUT2D eigenvalue weighted by molar-refractivity contribution is -0.115. The van der Waals surface area contributed by atoms with E-state index in [9.17, 15) is 4.79 Å². The Morgan fingerprint density at radius 2 is 1.83 bits per heavy atom. The van der Waals surface area contributed by atoms with Crippen molar-refractivity contribution >= 4 is 40.6 Å². The van der Waals surface area contributed by atoms with E-state index in [2.05, 4.69) is 0 Å². The van der Waals surface area contributed by atoms with Gasteiger partial charge >= 0.3 is 0 Å². The molecule has 0 spiro atoms. The molecule has 4 heteroatoms. The van der Waals surface area contributed by atoms with Crippen molar-refractivity contribution < 1.29 is 4.79 Å². The molecule has 12 heavy (non-hydrogen) atoms. The summed E-state index contributed by atoms with van der Waals surface area (Å²) in [6.07, 6.45) is 1.61. The molecule has 0 aliphatic heterocycles. The quantitative estimate of drug-likeness (QED) is 0.579. The van der Waals surface area contributed by atoms with E-state index in [1.807, 2.05) is 0 Å². The minimum absolute atomic E-state index is 0.166. The first-order valence-corrected chi connectivity index (χ1v) is 4.48. The number of alkyl halides is 2. The molecule has 1 aliphatic rings. The third kappa shape index (κ3) is 1.41. The Morgan fingerprint density at radius 3 is 2.33 bits per heavy atom. The van der Waals surface area contributed by atoms with Gasteiger partial charge in [0.15, 0.2) is 5.78 Å². The van der Waals surface area contributed by atoms with Gasteiger partial charge in [-0.05, 0) is 31.1 Å². The van der Waals surface area contributed by atoms with Crippen LogP contribution in [0.1, 0.15) is 13.8 Å². The third-order valence-corrected chi connectivity index (χ3v) is 3.20. The van der Waals surface area contributed by atoms with Gasteiger partial charge in [-0.15, -0.1) is 0 Å². The summed E-state index contributed by atoms with van der Waals surface area (Å²) >= 11 is 17.1. The molecule has 0 aromatic heterocycles. The lowest BCUT2D eigenvalue weighted by atomic mass is 9.98. The molecule has 0 N–H and O–H groups in total. The second kappa shape index (κ2) is 3.06. The summed E-state index contributed by atoms with van der Waals surface area (Å²) < 4.78 is -1.58. The van der Waals surface area contributed by atoms with Gasteiger partial charge in [0, 0.05) is 0 Å². The molecule has 1 nitrogen and oxygen atoms in total. The van der Waals surface area contributed by atoms with Crippen LogP contribution in [0.2, 0.25) is 0 Å². The number of allylic oxidation sites excluding steroid dienone is 4. The standard InChI is InChI=1S/C8H7Cl3O/c1-4-3-6(9)8(10,11)7(12)5(4)2/h3H,1-2H3. The van der Waals surface area contributed by atoms with Gasteiger partial charge in [0.25, 0.3) is 0 Å². The highest BCUT2D eigenvalue weighted by atomic mass is 35.5. The maximum absolute atomic E-state index is 11.4. The van der Waals surface area contributed by atoms with E-state index < -0.39 is 4.33 Å². The van der Waals surface area contributed by atoms with Crippen molar-refractivity contribution in [1.29, 1.82) is 0 Å². The molecular weight excluding hydrogens is 218 g/mol. The van der Waals surface area contributed by atoms with Crippen molar-refractivity contribution in [2.45, 2.75) is 18.2 Å². The number of hydrogen-bond donors (Lipinski definition) is 0. The first kappa shape index (κ1) is 10.1. The Morgan fingerprint density at radius 1 is 1.33 bits per heavy atom. The molecule has 0 heterocycles. The van der Waals surface area contributed by atoms with Gasteiger partial charge in [0.1, 0.15) is 0 Å². The SMILES string of the molecule is CC1=C(C)C(=O)C(Cl)(Cl)C(Cl)=C1. The normalized spacial score (nSPS) is 22.8. The monoisotopic (exact) mass is 224 g/mol. The van der Waals surface area contributed by atoms with Crippen molar-refractivity contribution in [2.24, 2.45) is 0 Å². The number of Topliss-reactive ketones (excluding diaryl/α,β-unsaturated/α-hetero) is 1. The van der Waals surface area contributed by atoms with Crippen LogP contribution in [0.25, 0.3) is 0 Å². The predicted molar refractivity (Wildman–Crippen MR) is 51.8 cm³/mol. The van der Waals surface area contributed by atoms with Gasteiger partial charge < -0.3 is 0 Å². The fourth-order valence-electron chi connectivity index (χ4n) is 0.912. The molecule has 0 unspecified atom stereocenters. The van der Waals surface area contributed by atoms with Crippen molar-refractivity contribution in [2.75, 3.05) is 0 Å². The molecule has 0 aromatic carbocycles. The second-order valence-electron chi connectivity index (χ2n) is 2.70. The molecule has 0 aromatic rings. The Bertz CT molecular complexity index is 295. The van der Waals surface area contributed by atoms with Gasteiger partial charge in [-0.3, -0.25) is 4.79 Å². The number of carbonyl (C=O) groups excluding carboxylic acids is 1. The molecule has 0 atom stereocenters. The topological polar surface area (TPSA) is 17.1 Å². The molecule has 0 saturated heterocycles. The Hall–Kier alpha value is 0.0200. The lowest BCUT2D eigenvalue weighted by Crippen LogP contribution is -2.30. The van der Waals surface area contributed by atoms with Gasteiger partial charge in [0.05, 0.1) is 5.03 Å². The van der Waals surface area contributed by atoms with Crippen LogP contribution in [0.5, 0.6) is 0 Å². The van der Waals surface area contributed by atoms with E-state index in [0.717, 1.165) is 5.57 Å². The van der Waals surface area contributed by atoms with Crippen LogP contribution >= 0.6 is 34.8 Å². The molecular formula is C8H7Cl3O. The second-order valence-corrected chi connectivity index (χ2v) is 4.44. The van der Waals surface area contributed by atoms with Crippen LogP contribution in [-0.4, -0.2) is 10.1 Å². The fraction of sp³-hybridized carbons (Fsp3) is 0.375. The molecule has 0 amide bonds. The van der Waals surface area contributed by atoms with Crippen LogP contribution in [-0.2, 0) is 4.79 Å². The average molecular weight is 226 g/mol. The summed E-state index contributed by atoms with van der Waals surface area (Å²) in [6.45, 7) is 3.47. The molecule has 0 radical (unpaired) electrons. The van der Waals surface area contributed by atoms with Crippen molar-refractivity contribution in [3.63, 3.8) is 0 Å². The zero-order chi connectivity index (χ0) is 9.52. The maximum Gasteiger partial charge on any atom is 0.215 e. The smallest absolute Gasteiger partial charge is 0.215 e. The van der Waals surface area contributed by atoms with E-state index in [0.29, 0.717) is 5.57 Å². The Balaban J connectivity index is 3.25. The number of halogens is 3. The molecule has 0 fully saturated rings. The largest absolute Gasteiger partial charge is 0.291 e. The van der Waals surface area contributed by atoms with E-state index >= 15 is 0 Å². The fourth-order valence-corrected chi connectivity index (χ4v) is 1.55. The molecule has 1 aliphatic carbocycles. The number of ketones is 1. The third-order valence-electron chi connectivity index (χ3n) is 1.86. The predicted octanol–water partition coefficient (Wildman–Crippen LogP) is 3.20. The summed E-state index contributed by atoms with van der Waals surface area (Å²) in [5, 5.41) is 0.166. The van der Waals surface area contributed by atoms with Crippen LogP contribution in [0.3, 0.4) is 0 Å². The van der Waals surface area contributed by atoms with E-state index in [1.165, 1.54) is 0 Å². The van der Waals surface area contributed by atoms with Gasteiger partial charge in [-0.1, -0.05) is 34.8 Å². The molecule has 0 saturated carbocycles. The summed E-state index contributed by atoms with van der Waals surface area (Å²) in [5.41, 5.74) is 1.37. The maximum atomic E-state index is 11.4. The molecule has 0 bridgehead atoms. The van der Waals surface area contributed by atoms with E-state index in [-0.39, 0.29) is 10.8 Å². The van der Waals surface area contributed by atoms with E-state index in [4.69, 9.17) is 34.8 Å².